The number of nitrogens with one attached hydrogen (secondary N) is 2. The van der Waals surface area contributed by atoms with Crippen LogP contribution in [0.3, 0.4) is 0 Å². The van der Waals surface area contributed by atoms with Crippen LogP contribution in [0.15, 0.2) is 34.2 Å². The van der Waals surface area contributed by atoms with Crippen molar-refractivity contribution in [3.05, 3.63) is 34.0 Å². The molecule has 0 radical (unpaired) electrons. The number of piperidine rings is 1. The molecule has 7 heteroatoms. The maximum absolute atomic E-state index is 5.38. The second-order valence-electron chi connectivity index (χ2n) is 7.43. The minimum Gasteiger partial charge on any atom is -0.377 e. The third kappa shape index (κ3) is 7.00. The Kier molecular flexibility index (Phi) is 10.8. The number of likely N-dealkylation sites (tertiary alicyclic amines) is 1. The first kappa shape index (κ1) is 23.6. The summed E-state index contributed by atoms with van der Waals surface area (Å²) in [7, 11) is 2.26. The Labute approximate surface area is 191 Å². The van der Waals surface area contributed by atoms with Crippen molar-refractivity contribution in [2.45, 2.75) is 38.6 Å². The third-order valence-electron chi connectivity index (χ3n) is 5.47. The molecule has 2 unspecified atom stereocenters. The highest BCUT2D eigenvalue weighted by atomic mass is 127. The quantitative estimate of drug-likeness (QED) is 0.248. The van der Waals surface area contributed by atoms with Gasteiger partial charge in [0.05, 0.1) is 13.2 Å². The van der Waals surface area contributed by atoms with E-state index in [1.165, 1.54) is 29.8 Å². The summed E-state index contributed by atoms with van der Waals surface area (Å²) >= 11 is 1.87. The molecule has 1 aromatic heterocycles. The zero-order chi connectivity index (χ0) is 18.9. The maximum atomic E-state index is 5.38. The van der Waals surface area contributed by atoms with E-state index in [1.807, 2.05) is 11.3 Å². The van der Waals surface area contributed by atoms with Crippen molar-refractivity contribution in [3.8, 4) is 0 Å². The van der Waals surface area contributed by atoms with Crippen molar-refractivity contribution in [1.82, 2.24) is 15.5 Å². The van der Waals surface area contributed by atoms with Gasteiger partial charge >= 0.3 is 0 Å². The largest absolute Gasteiger partial charge is 0.377 e. The second-order valence-corrected chi connectivity index (χ2v) is 8.41. The second kappa shape index (κ2) is 12.8. The Bertz CT molecular complexity index is 620. The number of hydrogen-bond donors (Lipinski definition) is 2. The van der Waals surface area contributed by atoms with Crippen LogP contribution in [0.25, 0.3) is 0 Å². The van der Waals surface area contributed by atoms with E-state index >= 15 is 0 Å². The van der Waals surface area contributed by atoms with E-state index in [0.717, 1.165) is 51.6 Å². The Balaban J connectivity index is 0.00000280. The minimum atomic E-state index is 0. The van der Waals surface area contributed by atoms with Crippen molar-refractivity contribution in [2.75, 3.05) is 46.4 Å². The third-order valence-corrected chi connectivity index (χ3v) is 6.41. The molecule has 3 heterocycles. The van der Waals surface area contributed by atoms with Gasteiger partial charge in [0.2, 0.25) is 0 Å². The van der Waals surface area contributed by atoms with E-state index < -0.39 is 0 Å². The molecule has 1 saturated heterocycles. The summed E-state index contributed by atoms with van der Waals surface area (Å²) in [5.41, 5.74) is 1.50. The lowest BCUT2D eigenvalue weighted by Crippen LogP contribution is -2.40. The molecule has 28 heavy (non-hydrogen) atoms. The molecule has 1 aromatic rings. The van der Waals surface area contributed by atoms with Crippen LogP contribution in [0.2, 0.25) is 0 Å². The van der Waals surface area contributed by atoms with Gasteiger partial charge in [-0.2, -0.15) is 0 Å². The average molecular weight is 519 g/mol. The lowest BCUT2D eigenvalue weighted by atomic mass is 9.88. The van der Waals surface area contributed by atoms with Gasteiger partial charge in [0.15, 0.2) is 5.96 Å². The van der Waals surface area contributed by atoms with Crippen molar-refractivity contribution < 1.29 is 4.74 Å². The van der Waals surface area contributed by atoms with Crippen LogP contribution in [-0.4, -0.2) is 57.3 Å². The van der Waals surface area contributed by atoms with Crippen molar-refractivity contribution in [3.63, 3.8) is 0 Å². The lowest BCUT2D eigenvalue weighted by Gasteiger charge is -2.38. The zero-order valence-corrected chi connectivity index (χ0v) is 20.3. The lowest BCUT2D eigenvalue weighted by molar-refractivity contribution is 0.128. The highest BCUT2D eigenvalue weighted by Gasteiger charge is 2.31. The number of guanidine groups is 1. The van der Waals surface area contributed by atoms with Crippen LogP contribution >= 0.6 is 35.3 Å². The topological polar surface area (TPSA) is 48.9 Å². The van der Waals surface area contributed by atoms with Crippen molar-refractivity contribution in [2.24, 2.45) is 10.9 Å². The van der Waals surface area contributed by atoms with E-state index in [-0.39, 0.29) is 24.0 Å². The molecular formula is C21H35IN4OS. The van der Waals surface area contributed by atoms with Crippen LogP contribution < -0.4 is 10.6 Å². The normalized spacial score (nSPS) is 23.6. The molecule has 158 valence electrons. The van der Waals surface area contributed by atoms with Crippen molar-refractivity contribution >= 4 is 41.3 Å². The zero-order valence-electron chi connectivity index (χ0n) is 17.2. The molecule has 2 aliphatic rings. The maximum Gasteiger partial charge on any atom is 0.191 e. The summed E-state index contributed by atoms with van der Waals surface area (Å²) in [6, 6.07) is 4.94. The summed E-state index contributed by atoms with van der Waals surface area (Å²) in [4.78, 5) is 8.92. The smallest absolute Gasteiger partial charge is 0.191 e. The van der Waals surface area contributed by atoms with Crippen molar-refractivity contribution in [1.29, 1.82) is 0 Å². The van der Waals surface area contributed by atoms with Gasteiger partial charge in [0.1, 0.15) is 0 Å². The predicted molar refractivity (Wildman–Crippen MR) is 130 cm³/mol. The average Bonchev–Trinajstić information content (AvgIpc) is 3.21. The molecule has 1 fully saturated rings. The van der Waals surface area contributed by atoms with E-state index in [2.05, 4.69) is 53.1 Å². The highest BCUT2D eigenvalue weighted by Crippen LogP contribution is 2.37. The molecule has 0 aromatic carbocycles. The van der Waals surface area contributed by atoms with E-state index in [0.29, 0.717) is 12.0 Å². The monoisotopic (exact) mass is 518 g/mol. The van der Waals surface area contributed by atoms with E-state index in [9.17, 15) is 0 Å². The summed E-state index contributed by atoms with van der Waals surface area (Å²) in [6.07, 6.45) is 6.87. The molecule has 3 rings (SSSR count). The van der Waals surface area contributed by atoms with Gasteiger partial charge < -0.3 is 15.4 Å². The van der Waals surface area contributed by atoms with Crippen LogP contribution in [-0.2, 0) is 4.74 Å². The number of hydrogen-bond acceptors (Lipinski definition) is 4. The molecule has 0 spiro atoms. The minimum absolute atomic E-state index is 0. The SMILES string of the molecule is CCNC(=NCC1CCCN(C)C1c1cccs1)NCCC1=CCOCC1.I. The van der Waals surface area contributed by atoms with Crippen LogP contribution in [0, 0.1) is 5.92 Å². The van der Waals surface area contributed by atoms with Crippen LogP contribution in [0.4, 0.5) is 0 Å². The Hall–Kier alpha value is -0.640. The Morgan fingerprint density at radius 1 is 1.39 bits per heavy atom. The fourth-order valence-corrected chi connectivity index (χ4v) is 5.03. The van der Waals surface area contributed by atoms with Gasteiger partial charge in [-0.15, -0.1) is 35.3 Å². The number of halogens is 1. The van der Waals surface area contributed by atoms with E-state index in [4.69, 9.17) is 9.73 Å². The summed E-state index contributed by atoms with van der Waals surface area (Å²) < 4.78 is 5.38. The fraction of sp³-hybridized carbons (Fsp3) is 0.667. The molecule has 0 aliphatic carbocycles. The fourth-order valence-electron chi connectivity index (χ4n) is 4.04. The Morgan fingerprint density at radius 2 is 2.29 bits per heavy atom. The number of thiophene rings is 1. The first-order valence-corrected chi connectivity index (χ1v) is 11.2. The summed E-state index contributed by atoms with van der Waals surface area (Å²) in [5.74, 6) is 1.53. The Morgan fingerprint density at radius 3 is 3.00 bits per heavy atom. The molecule has 0 saturated carbocycles. The molecular weight excluding hydrogens is 483 g/mol. The van der Waals surface area contributed by atoms with E-state index in [1.54, 1.807) is 0 Å². The predicted octanol–water partition coefficient (Wildman–Crippen LogP) is 4.04. The molecule has 2 N–H and O–H groups in total. The van der Waals surface area contributed by atoms with Gasteiger partial charge in [-0.25, -0.2) is 0 Å². The van der Waals surface area contributed by atoms with Gasteiger partial charge in [-0.05, 0) is 63.6 Å². The van der Waals surface area contributed by atoms with Gasteiger partial charge in [0, 0.05) is 30.6 Å². The number of ether oxygens (including phenoxy) is 1. The molecule has 0 amide bonds. The summed E-state index contributed by atoms with van der Waals surface area (Å²) in [6.45, 7) is 7.62. The summed E-state index contributed by atoms with van der Waals surface area (Å²) in [5, 5.41) is 9.11. The highest BCUT2D eigenvalue weighted by molar-refractivity contribution is 14.0. The van der Waals surface area contributed by atoms with Crippen LogP contribution in [0.1, 0.15) is 43.5 Å². The van der Waals surface area contributed by atoms with Gasteiger partial charge in [-0.1, -0.05) is 17.7 Å². The number of nitrogens with zero attached hydrogens (tertiary/aromatic N) is 2. The number of aliphatic imine (C=N–C) groups is 1. The molecule has 2 atom stereocenters. The number of rotatable bonds is 7. The standard InChI is InChI=1S/C21H34N4OS.HI/c1-3-22-21(23-11-8-17-9-13-26-14-10-17)24-16-18-6-4-12-25(2)20(18)19-7-5-15-27-19;/h5,7,9,15,18,20H,3-4,6,8,10-14,16H2,1-2H3,(H2,22,23,24);1H. The van der Waals surface area contributed by atoms with Crippen LogP contribution in [0.5, 0.6) is 0 Å². The van der Waals surface area contributed by atoms with Gasteiger partial charge in [0.25, 0.3) is 0 Å². The molecule has 2 aliphatic heterocycles. The first-order valence-electron chi connectivity index (χ1n) is 10.3. The molecule has 5 nitrogen and oxygen atoms in total. The first-order chi connectivity index (χ1) is 13.3. The molecule has 0 bridgehead atoms. The van der Waals surface area contributed by atoms with Gasteiger partial charge in [-0.3, -0.25) is 9.89 Å².